The molecule has 2 aliphatic rings. The predicted molar refractivity (Wildman–Crippen MR) is 180 cm³/mol. The lowest BCUT2D eigenvalue weighted by molar-refractivity contribution is -0.143. The molecule has 55 heavy (non-hydrogen) atoms. The van der Waals surface area contributed by atoms with E-state index in [1.54, 1.807) is 6.92 Å². The van der Waals surface area contributed by atoms with Crippen LogP contribution in [-0.2, 0) is 34.6 Å². The smallest absolute Gasteiger partial charge is 0.416 e. The predicted octanol–water partition coefficient (Wildman–Crippen LogP) is 10.2. The Morgan fingerprint density at radius 3 is 2.05 bits per heavy atom. The molecule has 2 heterocycles. The minimum Gasteiger partial charge on any atom is -0.490 e. The highest BCUT2D eigenvalue weighted by atomic mass is 19.4. The first kappa shape index (κ1) is 41.4. The number of halogens is 9. The van der Waals surface area contributed by atoms with E-state index in [1.165, 1.54) is 9.80 Å². The van der Waals surface area contributed by atoms with Gasteiger partial charge in [-0.2, -0.15) is 39.5 Å². The summed E-state index contributed by atoms with van der Waals surface area (Å²) in [5, 5.41) is 8.87. The Bertz CT molecular complexity index is 1760. The van der Waals surface area contributed by atoms with E-state index in [4.69, 9.17) is 14.6 Å². The number of carboxylic acids is 1. The van der Waals surface area contributed by atoms with Gasteiger partial charge in [0.15, 0.2) is 5.75 Å². The number of ether oxygens (including phenoxy) is 2. The summed E-state index contributed by atoms with van der Waals surface area (Å²) in [7, 11) is 0. The summed E-state index contributed by atoms with van der Waals surface area (Å²) in [5.41, 5.74) is -4.86. The third-order valence-electron chi connectivity index (χ3n) is 9.72. The molecule has 2 atom stereocenters. The number of nitrogens with zero attached hydrogens (tertiary/aromatic N) is 4. The Labute approximate surface area is 310 Å². The van der Waals surface area contributed by atoms with E-state index in [0.29, 0.717) is 12.1 Å². The molecule has 0 bridgehead atoms. The van der Waals surface area contributed by atoms with E-state index in [1.807, 2.05) is 0 Å². The van der Waals surface area contributed by atoms with E-state index in [-0.39, 0.29) is 73.8 Å². The molecule has 1 N–H and O–H groups in total. The van der Waals surface area contributed by atoms with Gasteiger partial charge in [0.1, 0.15) is 0 Å². The van der Waals surface area contributed by atoms with Crippen molar-refractivity contribution in [2.24, 2.45) is 5.92 Å². The second-order valence-electron chi connectivity index (χ2n) is 13.6. The summed E-state index contributed by atoms with van der Waals surface area (Å²) in [5.74, 6) is -1.17. The first-order valence-corrected chi connectivity index (χ1v) is 17.7. The van der Waals surface area contributed by atoms with E-state index < -0.39 is 71.5 Å². The van der Waals surface area contributed by atoms with Gasteiger partial charge in [0.05, 0.1) is 54.0 Å². The molecule has 0 saturated heterocycles. The summed E-state index contributed by atoms with van der Waals surface area (Å²) in [6.07, 6.45) is -8.98. The van der Waals surface area contributed by atoms with Gasteiger partial charge >= 0.3 is 30.6 Å². The maximum absolute atomic E-state index is 14.2. The van der Waals surface area contributed by atoms with Gasteiger partial charge in [-0.1, -0.05) is 26.2 Å². The molecule has 3 aromatic rings. The van der Waals surface area contributed by atoms with Crippen LogP contribution >= 0.6 is 0 Å². The number of anilines is 2. The number of aliphatic carboxylic acids is 1. The fraction of sp³-hybridized carbons (Fsp3) is 0.514. The average molecular weight is 791 g/mol. The molecule has 1 saturated carbocycles. The van der Waals surface area contributed by atoms with Crippen molar-refractivity contribution in [2.75, 3.05) is 23.0 Å². The molecule has 1 aliphatic carbocycles. The van der Waals surface area contributed by atoms with Gasteiger partial charge < -0.3 is 19.5 Å². The van der Waals surface area contributed by atoms with Gasteiger partial charge in [0.2, 0.25) is 5.95 Å². The van der Waals surface area contributed by atoms with Gasteiger partial charge in [-0.15, -0.1) is 0 Å². The van der Waals surface area contributed by atoms with Crippen LogP contribution in [0.25, 0.3) is 0 Å². The van der Waals surface area contributed by atoms with E-state index in [9.17, 15) is 49.1 Å². The third-order valence-corrected chi connectivity index (χ3v) is 9.72. The summed E-state index contributed by atoms with van der Waals surface area (Å²) >= 11 is 0. The number of amides is 1. The molecule has 1 amide bonds. The lowest BCUT2D eigenvalue weighted by atomic mass is 9.87. The first-order valence-electron chi connectivity index (χ1n) is 17.7. The molecule has 2 aromatic carbocycles. The van der Waals surface area contributed by atoms with E-state index >= 15 is 0 Å². The van der Waals surface area contributed by atoms with Crippen molar-refractivity contribution < 1.29 is 63.7 Å². The lowest BCUT2D eigenvalue weighted by Crippen LogP contribution is -2.48. The highest BCUT2D eigenvalue weighted by Crippen LogP contribution is 2.46. The van der Waals surface area contributed by atoms with Crippen LogP contribution in [0.4, 0.5) is 55.9 Å². The largest absolute Gasteiger partial charge is 0.490 e. The molecule has 0 spiro atoms. The van der Waals surface area contributed by atoms with Crippen LogP contribution in [0, 0.1) is 5.92 Å². The van der Waals surface area contributed by atoms with Gasteiger partial charge in [0.25, 0.3) is 0 Å². The number of hydrogen-bond donors (Lipinski definition) is 1. The van der Waals surface area contributed by atoms with Crippen LogP contribution in [0.1, 0.15) is 98.6 Å². The standard InChI is InChI=1S/C37H39F9N4O5/c1-2-27-17-31(29-16-24(35(38,39)40)10-11-30(29)50(27)34(53)55-21-22-7-4-3-5-8-22)49(33-47-18-28(19-48-33)54-12-6-9-32(51)52)20-23-13-25(36(41,42)43)15-26(14-23)37(44,45)46/h10-11,13-16,18-19,22,27,31H,2-9,12,17,20-21H2,1H3,(H,51,52)/t27-,31+/m1/s1. The van der Waals surface area contributed by atoms with Crippen molar-refractivity contribution in [1.29, 1.82) is 0 Å². The zero-order valence-corrected chi connectivity index (χ0v) is 29.6. The Hall–Kier alpha value is -4.77. The van der Waals surface area contributed by atoms with Gasteiger partial charge in [0, 0.05) is 19.0 Å². The van der Waals surface area contributed by atoms with E-state index in [2.05, 4.69) is 9.97 Å². The molecule has 18 heteroatoms. The van der Waals surface area contributed by atoms with Gasteiger partial charge in [-0.05, 0) is 85.5 Å². The molecule has 5 rings (SSSR count). The van der Waals surface area contributed by atoms with Gasteiger partial charge in [-0.25, -0.2) is 14.8 Å². The number of rotatable bonds is 12. The number of carboxylic acid groups (broad SMARTS) is 1. The topological polar surface area (TPSA) is 105 Å². The molecule has 0 unspecified atom stereocenters. The zero-order valence-electron chi connectivity index (χ0n) is 29.6. The summed E-state index contributed by atoms with van der Waals surface area (Å²) < 4.78 is 137. The van der Waals surface area contributed by atoms with Crippen molar-refractivity contribution in [3.8, 4) is 5.75 Å². The second-order valence-corrected chi connectivity index (χ2v) is 13.6. The number of carbonyl (C=O) groups is 2. The molecule has 1 fully saturated rings. The normalized spacial score (nSPS) is 18.1. The Balaban J connectivity index is 1.61. The highest BCUT2D eigenvalue weighted by molar-refractivity contribution is 5.90. The van der Waals surface area contributed by atoms with Crippen molar-refractivity contribution in [3.63, 3.8) is 0 Å². The van der Waals surface area contributed by atoms with Crippen LogP contribution in [0.2, 0.25) is 0 Å². The van der Waals surface area contributed by atoms with Crippen LogP contribution in [0.5, 0.6) is 5.75 Å². The molecule has 300 valence electrons. The van der Waals surface area contributed by atoms with Crippen molar-refractivity contribution >= 4 is 23.7 Å². The van der Waals surface area contributed by atoms with E-state index in [0.717, 1.165) is 62.7 Å². The highest BCUT2D eigenvalue weighted by Gasteiger charge is 2.43. The SMILES string of the molecule is CC[C@@H]1C[C@H](N(Cc2cc(C(F)(F)F)cc(C(F)(F)F)c2)c2ncc(OCCCC(=O)O)cn2)c2cc(C(F)(F)F)ccc2N1C(=O)OCC1CCCCC1. The molecule has 1 aromatic heterocycles. The molecule has 0 radical (unpaired) electrons. The fourth-order valence-corrected chi connectivity index (χ4v) is 6.98. The zero-order chi connectivity index (χ0) is 40.1. The Morgan fingerprint density at radius 1 is 0.873 bits per heavy atom. The van der Waals surface area contributed by atoms with Crippen LogP contribution in [0.3, 0.4) is 0 Å². The molecular weight excluding hydrogens is 751 g/mol. The Morgan fingerprint density at radius 2 is 1.49 bits per heavy atom. The molecular formula is C37H39F9N4O5. The maximum atomic E-state index is 14.2. The number of fused-ring (bicyclic) bond motifs is 1. The average Bonchev–Trinajstić information content (AvgIpc) is 3.13. The number of carbonyl (C=O) groups excluding carboxylic acids is 1. The van der Waals surface area contributed by atoms with Crippen LogP contribution < -0.4 is 14.5 Å². The van der Waals surface area contributed by atoms with Crippen LogP contribution in [-0.4, -0.2) is 46.4 Å². The van der Waals surface area contributed by atoms with Crippen molar-refractivity contribution in [3.05, 3.63) is 76.6 Å². The summed E-state index contributed by atoms with van der Waals surface area (Å²) in [6.45, 7) is 1.05. The van der Waals surface area contributed by atoms with Crippen molar-refractivity contribution in [1.82, 2.24) is 9.97 Å². The number of benzene rings is 2. The number of aromatic nitrogens is 2. The minimum absolute atomic E-state index is 0.0214. The molecule has 1 aliphatic heterocycles. The number of alkyl halides is 9. The quantitative estimate of drug-likeness (QED) is 0.143. The second kappa shape index (κ2) is 16.9. The van der Waals surface area contributed by atoms with Crippen LogP contribution in [0.15, 0.2) is 48.8 Å². The van der Waals surface area contributed by atoms with Crippen molar-refractivity contribution in [2.45, 2.75) is 102 Å². The Kier molecular flexibility index (Phi) is 12.7. The monoisotopic (exact) mass is 790 g/mol. The maximum Gasteiger partial charge on any atom is 0.416 e. The lowest BCUT2D eigenvalue weighted by Gasteiger charge is -2.44. The first-order chi connectivity index (χ1) is 25.8. The number of hydrogen-bond acceptors (Lipinski definition) is 7. The third kappa shape index (κ3) is 10.5. The summed E-state index contributed by atoms with van der Waals surface area (Å²) in [6, 6.07) is 1.75. The minimum atomic E-state index is -5.18. The summed E-state index contributed by atoms with van der Waals surface area (Å²) in [4.78, 5) is 35.5. The van der Waals surface area contributed by atoms with Gasteiger partial charge in [-0.3, -0.25) is 9.69 Å². The molecule has 9 nitrogen and oxygen atoms in total. The fourth-order valence-electron chi connectivity index (χ4n) is 6.98.